The second kappa shape index (κ2) is 22.1. The third-order valence-electron chi connectivity index (χ3n) is 4.95. The lowest BCUT2D eigenvalue weighted by atomic mass is 10.2. The third kappa shape index (κ3) is 28.0. The number of carbonyl (C=O) groups is 6. The van der Waals surface area contributed by atoms with Gasteiger partial charge in [-0.25, -0.2) is 9.59 Å². The van der Waals surface area contributed by atoms with Gasteiger partial charge in [-0.05, 0) is 67.2 Å². The number of esters is 2. The highest BCUT2D eigenvalue weighted by atomic mass is 16.6. The van der Waals surface area contributed by atoms with Crippen molar-refractivity contribution in [2.24, 2.45) is 0 Å². The van der Waals surface area contributed by atoms with Crippen LogP contribution in [0.2, 0.25) is 0 Å². The number of aliphatic carboxylic acids is 1. The first-order chi connectivity index (χ1) is 19.4. The monoisotopic (exact) mass is 605 g/mol. The van der Waals surface area contributed by atoms with Crippen LogP contribution >= 0.6 is 0 Å². The lowest BCUT2D eigenvalue weighted by molar-refractivity contribution is -0.141. The lowest BCUT2D eigenvalue weighted by Crippen LogP contribution is -2.44. The highest BCUT2D eigenvalue weighted by Gasteiger charge is 2.19. The van der Waals surface area contributed by atoms with Gasteiger partial charge in [-0.15, -0.1) is 0 Å². The molecule has 0 radical (unpaired) electrons. The van der Waals surface area contributed by atoms with E-state index in [-0.39, 0.29) is 63.3 Å². The van der Waals surface area contributed by atoms with Gasteiger partial charge in [-0.2, -0.15) is 0 Å². The van der Waals surface area contributed by atoms with Crippen molar-refractivity contribution in [1.82, 2.24) is 15.5 Å². The number of nitrogens with one attached hydrogen (secondary N) is 2. The van der Waals surface area contributed by atoms with Crippen LogP contribution in [0.25, 0.3) is 0 Å². The Bertz CT molecular complexity index is 815. The van der Waals surface area contributed by atoms with Crippen LogP contribution in [-0.2, 0) is 38.1 Å². The highest BCUT2D eigenvalue weighted by molar-refractivity contribution is 5.76. The summed E-state index contributed by atoms with van der Waals surface area (Å²) in [7, 11) is 2.64. The minimum atomic E-state index is -0.824. The van der Waals surface area contributed by atoms with Gasteiger partial charge in [0.2, 0.25) is 5.91 Å². The Kier molecular flexibility index (Phi) is 21.3. The molecule has 244 valence electrons. The van der Waals surface area contributed by atoms with E-state index in [2.05, 4.69) is 20.1 Å². The summed E-state index contributed by atoms with van der Waals surface area (Å²) in [6.45, 7) is 11.5. The van der Waals surface area contributed by atoms with Crippen LogP contribution in [0.3, 0.4) is 0 Å². The molecular weight excluding hydrogens is 554 g/mol. The predicted octanol–water partition coefficient (Wildman–Crippen LogP) is 3.40. The Morgan fingerprint density at radius 3 is 1.31 bits per heavy atom. The number of carboxylic acid groups (broad SMARTS) is 1. The molecule has 14 heteroatoms. The molecule has 0 saturated heterocycles. The van der Waals surface area contributed by atoms with Crippen LogP contribution in [0.4, 0.5) is 9.59 Å². The summed E-state index contributed by atoms with van der Waals surface area (Å²) in [4.78, 5) is 69.4. The van der Waals surface area contributed by atoms with Gasteiger partial charge in [0.25, 0.3) is 0 Å². The van der Waals surface area contributed by atoms with Crippen LogP contribution in [0, 0.1) is 0 Å². The van der Waals surface area contributed by atoms with Gasteiger partial charge < -0.3 is 39.6 Å². The minimum Gasteiger partial charge on any atom is -0.481 e. The Morgan fingerprint density at radius 2 is 0.976 bits per heavy atom. The summed E-state index contributed by atoms with van der Waals surface area (Å²) in [6.07, 6.45) is 1.99. The van der Waals surface area contributed by atoms with E-state index in [9.17, 15) is 28.8 Å². The average Bonchev–Trinajstić information content (AvgIpc) is 2.85. The normalized spacial score (nSPS) is 10.8. The number of amides is 3. The van der Waals surface area contributed by atoms with Crippen LogP contribution in [0.5, 0.6) is 0 Å². The summed E-state index contributed by atoms with van der Waals surface area (Å²) in [5.41, 5.74) is -1.23. The van der Waals surface area contributed by atoms with Gasteiger partial charge in [-0.3, -0.25) is 19.2 Å². The molecule has 0 fully saturated rings. The summed E-state index contributed by atoms with van der Waals surface area (Å²) in [5, 5.41) is 13.5. The largest absolute Gasteiger partial charge is 0.481 e. The van der Waals surface area contributed by atoms with E-state index in [4.69, 9.17) is 14.6 Å². The maximum Gasteiger partial charge on any atom is 0.407 e. The number of ether oxygens (including phenoxy) is 4. The Morgan fingerprint density at radius 1 is 0.619 bits per heavy atom. The molecule has 3 amide bonds. The molecule has 0 aromatic carbocycles. The molecule has 0 atom stereocenters. The van der Waals surface area contributed by atoms with Crippen molar-refractivity contribution >= 4 is 36.0 Å². The lowest BCUT2D eigenvalue weighted by Gasteiger charge is -2.25. The number of carboxylic acids is 1. The Labute approximate surface area is 249 Å². The van der Waals surface area contributed by atoms with Gasteiger partial charge in [0.1, 0.15) is 11.2 Å². The van der Waals surface area contributed by atoms with Crippen molar-refractivity contribution in [2.45, 2.75) is 104 Å². The average molecular weight is 606 g/mol. The Balaban J connectivity index is 0. The quantitative estimate of drug-likeness (QED) is 0.133. The van der Waals surface area contributed by atoms with Crippen molar-refractivity contribution < 1.29 is 52.8 Å². The molecule has 0 saturated carbocycles. The zero-order valence-electron chi connectivity index (χ0n) is 26.5. The molecule has 0 heterocycles. The molecule has 0 aliphatic rings. The highest BCUT2D eigenvalue weighted by Crippen LogP contribution is 2.08. The van der Waals surface area contributed by atoms with Crippen LogP contribution < -0.4 is 10.6 Å². The van der Waals surface area contributed by atoms with Crippen molar-refractivity contribution in [2.75, 3.05) is 40.4 Å². The number of unbranched alkanes of at least 4 members (excludes halogenated alkanes) is 2. The molecule has 0 spiro atoms. The van der Waals surface area contributed by atoms with Gasteiger partial charge in [-0.1, -0.05) is 0 Å². The van der Waals surface area contributed by atoms with Crippen molar-refractivity contribution in [3.63, 3.8) is 0 Å². The molecule has 0 aliphatic heterocycles. The van der Waals surface area contributed by atoms with Crippen molar-refractivity contribution in [1.29, 1.82) is 0 Å². The van der Waals surface area contributed by atoms with Gasteiger partial charge in [0, 0.05) is 51.9 Å². The molecule has 42 heavy (non-hydrogen) atoms. The molecular formula is C28H51N3O11. The number of hydrogen-bond acceptors (Lipinski definition) is 10. The van der Waals surface area contributed by atoms with Gasteiger partial charge in [0.05, 0.1) is 14.2 Å². The smallest absolute Gasteiger partial charge is 0.407 e. The minimum absolute atomic E-state index is 0.122. The predicted molar refractivity (Wildman–Crippen MR) is 154 cm³/mol. The molecule has 0 bridgehead atoms. The third-order valence-corrected chi connectivity index (χ3v) is 4.95. The number of alkyl carbamates (subject to hydrolysis) is 2. The number of nitrogens with zero attached hydrogens (tertiary/aromatic N) is 1. The first-order valence-corrected chi connectivity index (χ1v) is 14.0. The Hall–Kier alpha value is -3.58. The fourth-order valence-electron chi connectivity index (χ4n) is 3.03. The molecule has 0 aromatic rings. The van der Waals surface area contributed by atoms with E-state index in [0.717, 1.165) is 0 Å². The van der Waals surface area contributed by atoms with Crippen LogP contribution in [0.15, 0.2) is 0 Å². The molecule has 0 rings (SSSR count). The van der Waals surface area contributed by atoms with Crippen LogP contribution in [0.1, 0.15) is 92.9 Å². The number of rotatable bonds is 16. The van der Waals surface area contributed by atoms with Crippen LogP contribution in [-0.4, -0.2) is 97.6 Å². The first kappa shape index (κ1) is 40.6. The first-order valence-electron chi connectivity index (χ1n) is 14.0. The molecule has 0 aromatic heterocycles. The summed E-state index contributed by atoms with van der Waals surface area (Å²) in [5.74, 6) is -1.56. The number of hydrogen-bond donors (Lipinski definition) is 3. The zero-order chi connectivity index (χ0) is 32.8. The second-order valence-electron chi connectivity index (χ2n) is 11.2. The van der Waals surface area contributed by atoms with Gasteiger partial charge in [0.15, 0.2) is 0 Å². The van der Waals surface area contributed by atoms with E-state index >= 15 is 0 Å². The SMILES string of the molecule is COC(=O)CCCCC(=O)N(CCNC(=O)OC(C)(C)C)CCNC(=O)OC(C)(C)C.COC(=O)CCCCC(=O)O. The van der Waals surface area contributed by atoms with Crippen molar-refractivity contribution in [3.05, 3.63) is 0 Å². The van der Waals surface area contributed by atoms with E-state index in [0.29, 0.717) is 32.1 Å². The van der Waals surface area contributed by atoms with E-state index in [1.807, 2.05) is 0 Å². The molecule has 0 unspecified atom stereocenters. The van der Waals surface area contributed by atoms with Crippen molar-refractivity contribution in [3.8, 4) is 0 Å². The van der Waals surface area contributed by atoms with E-state index < -0.39 is 29.4 Å². The zero-order valence-corrected chi connectivity index (χ0v) is 26.5. The maximum atomic E-state index is 12.6. The van der Waals surface area contributed by atoms with Gasteiger partial charge >= 0.3 is 30.1 Å². The topological polar surface area (TPSA) is 187 Å². The number of carbonyl (C=O) groups excluding carboxylic acids is 5. The van der Waals surface area contributed by atoms with E-state index in [1.54, 1.807) is 46.4 Å². The standard InChI is InChI=1S/C21H39N3O7.C7H12O4/c1-20(2,3)30-18(27)22-12-14-24(15-13-23-19(28)31-21(4,5)6)16(25)10-8-9-11-17(26)29-7;1-11-7(10)5-3-2-4-6(8)9/h8-15H2,1-7H3,(H,22,27)(H,23,28);2-5H2,1H3,(H,8,9). The summed E-state index contributed by atoms with van der Waals surface area (Å²) < 4.78 is 19.3. The molecule has 3 N–H and O–H groups in total. The fraction of sp³-hybridized carbons (Fsp3) is 0.786. The van der Waals surface area contributed by atoms with E-state index in [1.165, 1.54) is 14.2 Å². The second-order valence-corrected chi connectivity index (χ2v) is 11.2. The maximum absolute atomic E-state index is 12.6. The molecule has 14 nitrogen and oxygen atoms in total. The summed E-state index contributed by atoms with van der Waals surface area (Å²) in [6, 6.07) is 0. The number of methoxy groups -OCH3 is 2. The summed E-state index contributed by atoms with van der Waals surface area (Å²) >= 11 is 0. The fourth-order valence-corrected chi connectivity index (χ4v) is 3.03. The molecule has 0 aliphatic carbocycles.